The van der Waals surface area contributed by atoms with Crippen molar-refractivity contribution in [1.29, 1.82) is 0 Å². The van der Waals surface area contributed by atoms with Crippen LogP contribution in [0.25, 0.3) is 0 Å². The zero-order valence-corrected chi connectivity index (χ0v) is 7.42. The minimum Gasteiger partial charge on any atom is -0.318 e. The van der Waals surface area contributed by atoms with Crippen molar-refractivity contribution in [3.8, 4) is 0 Å². The van der Waals surface area contributed by atoms with E-state index in [-0.39, 0.29) is 0 Å². The molecule has 1 saturated heterocycles. The normalized spacial score (nSPS) is 22.6. The van der Waals surface area contributed by atoms with Crippen LogP contribution < -0.4 is 0 Å². The molecule has 0 aromatic rings. The van der Waals surface area contributed by atoms with Crippen LogP contribution in [-0.2, 0) is 4.74 Å². The van der Waals surface area contributed by atoms with E-state index in [1.165, 1.54) is 0 Å². The van der Waals surface area contributed by atoms with Crippen LogP contribution in [-0.4, -0.2) is 38.5 Å². The molecule has 0 amide bonds. The Balaban J connectivity index is 0.000000236. The third kappa shape index (κ3) is 4.53. The van der Waals surface area contributed by atoms with Crippen LogP contribution in [0.2, 0.25) is 0 Å². The second-order valence-electron chi connectivity index (χ2n) is 3.31. The molecule has 0 aromatic carbocycles. The van der Waals surface area contributed by atoms with E-state index in [0.29, 0.717) is 6.23 Å². The van der Waals surface area contributed by atoms with Gasteiger partial charge in [-0.1, -0.05) is 6.08 Å². The van der Waals surface area contributed by atoms with E-state index >= 15 is 0 Å². The highest BCUT2D eigenvalue weighted by atomic mass is 16.6. The molecule has 0 bridgehead atoms. The van der Waals surface area contributed by atoms with Crippen LogP contribution in [0.5, 0.6) is 0 Å². The van der Waals surface area contributed by atoms with Crippen LogP contribution in [0.1, 0.15) is 6.92 Å². The topological polar surface area (TPSA) is 12.5 Å². The fourth-order valence-electron chi connectivity index (χ4n) is 0.490. The van der Waals surface area contributed by atoms with Gasteiger partial charge in [-0.15, -0.1) is 6.58 Å². The zero-order chi connectivity index (χ0) is 8.20. The predicted molar refractivity (Wildman–Crippen MR) is 43.6 cm³/mol. The Morgan fingerprint density at radius 2 is 1.80 bits per heavy atom. The summed E-state index contributed by atoms with van der Waals surface area (Å²) >= 11 is 0. The van der Waals surface area contributed by atoms with Crippen LogP contribution >= 0.6 is 0 Å². The smallest absolute Gasteiger partial charge is 0.217 e. The molecule has 0 radical (unpaired) electrons. The molecule has 2 heteroatoms. The molecule has 1 rings (SSSR count). The molecule has 0 spiro atoms. The number of ether oxygens (including phenoxy) is 1. The highest BCUT2D eigenvalue weighted by Gasteiger charge is 2.36. The van der Waals surface area contributed by atoms with E-state index in [2.05, 4.69) is 27.7 Å². The quantitative estimate of drug-likeness (QED) is 0.306. The summed E-state index contributed by atoms with van der Waals surface area (Å²) in [6.45, 7) is 6.20. The molecule has 2 nitrogen and oxygen atoms in total. The van der Waals surface area contributed by atoms with Crippen molar-refractivity contribution in [1.82, 2.24) is 0 Å². The lowest BCUT2D eigenvalue weighted by atomic mass is 10.6. The van der Waals surface area contributed by atoms with Crippen LogP contribution in [0.3, 0.4) is 0 Å². The third-order valence-corrected chi connectivity index (χ3v) is 1.18. The zero-order valence-electron chi connectivity index (χ0n) is 7.42. The lowest BCUT2D eigenvalue weighted by Crippen LogP contribution is -2.37. The highest BCUT2D eigenvalue weighted by Crippen LogP contribution is 2.16. The fraction of sp³-hybridized carbons (Fsp3) is 0.750. The number of epoxide rings is 1. The molecular formula is C8H18NO+. The Morgan fingerprint density at radius 1 is 1.50 bits per heavy atom. The minimum absolute atomic E-state index is 0.486. The molecule has 1 unspecified atom stereocenters. The van der Waals surface area contributed by atoms with E-state index in [1.807, 2.05) is 6.92 Å². The summed E-state index contributed by atoms with van der Waals surface area (Å²) in [6, 6.07) is 0. The summed E-state index contributed by atoms with van der Waals surface area (Å²) in [5.41, 5.74) is 0. The van der Waals surface area contributed by atoms with Crippen molar-refractivity contribution in [3.05, 3.63) is 12.7 Å². The molecular weight excluding hydrogens is 126 g/mol. The number of hydrogen-bond acceptors (Lipinski definition) is 1. The Hall–Kier alpha value is -0.340. The predicted octanol–water partition coefficient (Wildman–Crippen LogP) is 1.24. The lowest BCUT2D eigenvalue weighted by Gasteiger charge is -2.20. The maximum atomic E-state index is 5.05. The van der Waals surface area contributed by atoms with Gasteiger partial charge in [-0.05, 0) is 6.92 Å². The summed E-state index contributed by atoms with van der Waals surface area (Å²) in [4.78, 5) is 0. The second-order valence-corrected chi connectivity index (χ2v) is 3.31. The first kappa shape index (κ1) is 9.66. The molecule has 0 N–H and O–H groups in total. The van der Waals surface area contributed by atoms with Crippen molar-refractivity contribution in [3.63, 3.8) is 0 Å². The summed E-state index contributed by atoms with van der Waals surface area (Å²) in [7, 11) is 6.41. The number of hydrogen-bond donors (Lipinski definition) is 0. The molecule has 1 fully saturated rings. The molecule has 0 aromatic heterocycles. The van der Waals surface area contributed by atoms with Gasteiger partial charge in [-0.2, -0.15) is 0 Å². The fourth-order valence-corrected chi connectivity index (χ4v) is 0.490. The first-order chi connectivity index (χ1) is 4.52. The maximum Gasteiger partial charge on any atom is 0.217 e. The number of likely N-dealkylation sites (N-methyl/N-ethyl adjacent to an activating group) is 1. The van der Waals surface area contributed by atoms with Crippen molar-refractivity contribution in [2.75, 3.05) is 27.7 Å². The van der Waals surface area contributed by atoms with Gasteiger partial charge in [0.05, 0.1) is 21.1 Å². The molecule has 60 valence electrons. The average molecular weight is 144 g/mol. The average Bonchev–Trinajstić information content (AvgIpc) is 2.40. The van der Waals surface area contributed by atoms with Gasteiger partial charge in [-0.25, -0.2) is 0 Å². The Morgan fingerprint density at radius 3 is 1.80 bits per heavy atom. The molecule has 1 atom stereocenters. The lowest BCUT2D eigenvalue weighted by molar-refractivity contribution is -0.891. The Bertz CT molecular complexity index is 100. The van der Waals surface area contributed by atoms with Gasteiger partial charge in [0.15, 0.2) is 0 Å². The third-order valence-electron chi connectivity index (χ3n) is 1.18. The van der Waals surface area contributed by atoms with E-state index in [4.69, 9.17) is 4.74 Å². The molecule has 1 aliphatic rings. The molecule has 0 aliphatic carbocycles. The molecule has 0 saturated carbocycles. The summed E-state index contributed by atoms with van der Waals surface area (Å²) in [5.74, 6) is 0. The summed E-state index contributed by atoms with van der Waals surface area (Å²) < 4.78 is 5.99. The number of rotatable bonds is 1. The van der Waals surface area contributed by atoms with Crippen molar-refractivity contribution in [2.45, 2.75) is 13.2 Å². The van der Waals surface area contributed by atoms with Crippen molar-refractivity contribution < 1.29 is 9.22 Å². The van der Waals surface area contributed by atoms with Gasteiger partial charge in [0.2, 0.25) is 6.23 Å². The van der Waals surface area contributed by atoms with Crippen molar-refractivity contribution in [2.24, 2.45) is 0 Å². The maximum absolute atomic E-state index is 5.05. The monoisotopic (exact) mass is 144 g/mol. The largest absolute Gasteiger partial charge is 0.318 e. The standard InChI is InChI=1S/C5H12NO.C3H6/c1-6(2,3)5-4-7-5;1-3-2/h5H,4H2,1-3H3;3H,1H2,2H3/q+1;. The number of allylic oxidation sites excluding steroid dienone is 1. The van der Waals surface area contributed by atoms with Gasteiger partial charge >= 0.3 is 0 Å². The van der Waals surface area contributed by atoms with E-state index in [0.717, 1.165) is 11.1 Å². The van der Waals surface area contributed by atoms with Crippen molar-refractivity contribution >= 4 is 0 Å². The SMILES string of the molecule is C=CC.C[N+](C)(C)C1CO1. The molecule has 1 heterocycles. The van der Waals surface area contributed by atoms with E-state index in [9.17, 15) is 0 Å². The van der Waals surface area contributed by atoms with Crippen LogP contribution in [0, 0.1) is 0 Å². The van der Waals surface area contributed by atoms with E-state index < -0.39 is 0 Å². The van der Waals surface area contributed by atoms with Gasteiger partial charge in [-0.3, -0.25) is 0 Å². The summed E-state index contributed by atoms with van der Waals surface area (Å²) in [6.07, 6.45) is 2.24. The minimum atomic E-state index is 0.486. The van der Waals surface area contributed by atoms with Gasteiger partial charge < -0.3 is 9.22 Å². The first-order valence-corrected chi connectivity index (χ1v) is 3.52. The second kappa shape index (κ2) is 3.74. The Labute approximate surface area is 63.7 Å². The van der Waals surface area contributed by atoms with Gasteiger partial charge in [0, 0.05) is 0 Å². The Kier molecular flexibility index (Phi) is 3.61. The van der Waals surface area contributed by atoms with Crippen LogP contribution in [0.15, 0.2) is 12.7 Å². The summed E-state index contributed by atoms with van der Waals surface area (Å²) in [5, 5.41) is 0. The van der Waals surface area contributed by atoms with Gasteiger partial charge in [0.25, 0.3) is 0 Å². The number of nitrogens with zero attached hydrogens (tertiary/aromatic N) is 1. The molecule has 10 heavy (non-hydrogen) atoms. The highest BCUT2D eigenvalue weighted by molar-refractivity contribution is 4.53. The van der Waals surface area contributed by atoms with E-state index in [1.54, 1.807) is 6.08 Å². The molecule has 1 aliphatic heterocycles. The first-order valence-electron chi connectivity index (χ1n) is 3.52. The van der Waals surface area contributed by atoms with Gasteiger partial charge in [0.1, 0.15) is 6.61 Å². The number of quaternary nitrogens is 1. The van der Waals surface area contributed by atoms with Crippen LogP contribution in [0.4, 0.5) is 0 Å².